The van der Waals surface area contributed by atoms with Crippen LogP contribution >= 0.6 is 11.3 Å². The zero-order valence-corrected chi connectivity index (χ0v) is 18.9. The van der Waals surface area contributed by atoms with Crippen molar-refractivity contribution in [3.63, 3.8) is 0 Å². The molecule has 4 heterocycles. The Morgan fingerprint density at radius 2 is 1.97 bits per heavy atom. The van der Waals surface area contributed by atoms with Gasteiger partial charge in [-0.15, -0.1) is 21.5 Å². The third-order valence-corrected chi connectivity index (χ3v) is 6.97. The first-order valence-corrected chi connectivity index (χ1v) is 12.0. The number of anilines is 1. The first kappa shape index (κ1) is 20.7. The maximum Gasteiger partial charge on any atom is 0.291 e. The Hall–Kier alpha value is -3.85. The SMILES string of the molecule is O=C(Nc1cc(-c2nnc3n2CCCCC3)ccc1F)c1ccc(-c2nc3ccccc3s2)o1. The van der Waals surface area contributed by atoms with Gasteiger partial charge in [0.15, 0.2) is 22.4 Å². The number of amides is 1. The van der Waals surface area contributed by atoms with E-state index in [2.05, 4.69) is 25.1 Å². The normalized spacial score (nSPS) is 13.6. The molecule has 0 radical (unpaired) electrons. The Morgan fingerprint density at radius 3 is 2.88 bits per heavy atom. The van der Waals surface area contributed by atoms with Crippen molar-refractivity contribution in [2.24, 2.45) is 0 Å². The molecule has 6 rings (SSSR count). The van der Waals surface area contributed by atoms with E-state index in [1.54, 1.807) is 24.3 Å². The van der Waals surface area contributed by atoms with Crippen LogP contribution in [0.5, 0.6) is 0 Å². The molecule has 3 aromatic heterocycles. The molecule has 0 aliphatic carbocycles. The van der Waals surface area contributed by atoms with E-state index in [0.717, 1.165) is 48.3 Å². The van der Waals surface area contributed by atoms with Crippen molar-refractivity contribution in [1.82, 2.24) is 19.7 Å². The monoisotopic (exact) mass is 473 g/mol. The number of halogens is 1. The second kappa shape index (κ2) is 8.49. The van der Waals surface area contributed by atoms with Gasteiger partial charge in [0.25, 0.3) is 5.91 Å². The lowest BCUT2D eigenvalue weighted by molar-refractivity contribution is 0.0997. The van der Waals surface area contributed by atoms with E-state index in [9.17, 15) is 9.18 Å². The lowest BCUT2D eigenvalue weighted by Gasteiger charge is -2.10. The lowest BCUT2D eigenvalue weighted by atomic mass is 10.1. The number of nitrogens with one attached hydrogen (secondary N) is 1. The van der Waals surface area contributed by atoms with Gasteiger partial charge in [0.05, 0.1) is 15.9 Å². The number of rotatable bonds is 4. The first-order valence-electron chi connectivity index (χ1n) is 11.1. The first-order chi connectivity index (χ1) is 16.7. The quantitative estimate of drug-likeness (QED) is 0.350. The predicted molar refractivity (Wildman–Crippen MR) is 128 cm³/mol. The molecular weight excluding hydrogens is 453 g/mol. The zero-order valence-electron chi connectivity index (χ0n) is 18.1. The highest BCUT2D eigenvalue weighted by molar-refractivity contribution is 7.21. The highest BCUT2D eigenvalue weighted by Crippen LogP contribution is 2.32. The summed E-state index contributed by atoms with van der Waals surface area (Å²) in [5.41, 5.74) is 1.63. The fourth-order valence-corrected chi connectivity index (χ4v) is 5.12. The molecule has 0 saturated heterocycles. The van der Waals surface area contributed by atoms with Crippen molar-refractivity contribution < 1.29 is 13.6 Å². The van der Waals surface area contributed by atoms with Gasteiger partial charge in [-0.3, -0.25) is 4.79 Å². The average molecular weight is 474 g/mol. The number of fused-ring (bicyclic) bond motifs is 2. The van der Waals surface area contributed by atoms with Gasteiger partial charge in [0.1, 0.15) is 11.6 Å². The van der Waals surface area contributed by atoms with Crippen LogP contribution in [0.15, 0.2) is 59.0 Å². The van der Waals surface area contributed by atoms with Crippen molar-refractivity contribution in [1.29, 1.82) is 0 Å². The number of aromatic nitrogens is 4. The minimum Gasteiger partial charge on any atom is -0.448 e. The number of carbonyl (C=O) groups is 1. The summed E-state index contributed by atoms with van der Waals surface area (Å²) >= 11 is 1.48. The number of hydrogen-bond donors (Lipinski definition) is 1. The molecule has 1 aliphatic heterocycles. The van der Waals surface area contributed by atoms with E-state index < -0.39 is 11.7 Å². The molecule has 170 valence electrons. The molecule has 7 nitrogen and oxygen atoms in total. The van der Waals surface area contributed by atoms with Crippen LogP contribution in [-0.4, -0.2) is 25.7 Å². The van der Waals surface area contributed by atoms with E-state index in [-0.39, 0.29) is 11.4 Å². The summed E-state index contributed by atoms with van der Waals surface area (Å²) in [7, 11) is 0. The molecule has 34 heavy (non-hydrogen) atoms. The van der Waals surface area contributed by atoms with Crippen molar-refractivity contribution >= 4 is 33.1 Å². The Morgan fingerprint density at radius 1 is 1.06 bits per heavy atom. The molecule has 1 N–H and O–H groups in total. The van der Waals surface area contributed by atoms with E-state index >= 15 is 0 Å². The number of carbonyl (C=O) groups excluding carboxylic acids is 1. The van der Waals surface area contributed by atoms with Gasteiger partial charge in [-0.1, -0.05) is 18.6 Å². The van der Waals surface area contributed by atoms with E-state index in [1.165, 1.54) is 17.4 Å². The van der Waals surface area contributed by atoms with Gasteiger partial charge < -0.3 is 14.3 Å². The number of hydrogen-bond acceptors (Lipinski definition) is 6. The molecule has 0 saturated carbocycles. The fourth-order valence-electron chi connectivity index (χ4n) is 4.20. The maximum absolute atomic E-state index is 14.6. The minimum atomic E-state index is -0.538. The summed E-state index contributed by atoms with van der Waals surface area (Å²) in [6.45, 7) is 0.831. The number of para-hydroxylation sites is 1. The lowest BCUT2D eigenvalue weighted by Crippen LogP contribution is -2.12. The van der Waals surface area contributed by atoms with Crippen LogP contribution in [0.2, 0.25) is 0 Å². The van der Waals surface area contributed by atoms with Crippen LogP contribution in [0.3, 0.4) is 0 Å². The predicted octanol–water partition coefficient (Wildman–Crippen LogP) is 5.93. The molecular formula is C25H20FN5O2S. The van der Waals surface area contributed by atoms with Gasteiger partial charge in [-0.25, -0.2) is 9.37 Å². The van der Waals surface area contributed by atoms with Gasteiger partial charge in [0, 0.05) is 18.5 Å². The second-order valence-corrected chi connectivity index (χ2v) is 9.23. The number of nitrogens with zero attached hydrogens (tertiary/aromatic N) is 4. The average Bonchev–Trinajstić information content (AvgIpc) is 3.56. The number of furan rings is 1. The van der Waals surface area contributed by atoms with Crippen LogP contribution in [0.1, 0.15) is 35.6 Å². The van der Waals surface area contributed by atoms with Gasteiger partial charge in [0.2, 0.25) is 0 Å². The van der Waals surface area contributed by atoms with Crippen LogP contribution in [-0.2, 0) is 13.0 Å². The zero-order chi connectivity index (χ0) is 23.1. The Balaban J connectivity index is 1.25. The minimum absolute atomic E-state index is 0.0615. The van der Waals surface area contributed by atoms with Crippen molar-refractivity contribution in [3.8, 4) is 22.2 Å². The summed E-state index contributed by atoms with van der Waals surface area (Å²) in [5, 5.41) is 12.0. The fraction of sp³-hybridized carbons (Fsp3) is 0.200. The van der Waals surface area contributed by atoms with Crippen LogP contribution in [0.4, 0.5) is 10.1 Å². The molecule has 0 fully saturated rings. The van der Waals surface area contributed by atoms with Crippen LogP contribution < -0.4 is 5.32 Å². The Labute approximate surface area is 198 Å². The Kier molecular flexibility index (Phi) is 5.18. The summed E-state index contributed by atoms with van der Waals surface area (Å²) in [4.78, 5) is 17.4. The summed E-state index contributed by atoms with van der Waals surface area (Å²) in [5.74, 6) is 1.13. The molecule has 2 aromatic carbocycles. The van der Waals surface area contributed by atoms with E-state index in [1.807, 2.05) is 24.3 Å². The molecule has 1 amide bonds. The van der Waals surface area contributed by atoms with Gasteiger partial charge in [-0.2, -0.15) is 0 Å². The Bertz CT molecular complexity index is 1490. The summed E-state index contributed by atoms with van der Waals surface area (Å²) < 4.78 is 23.5. The highest BCUT2D eigenvalue weighted by Gasteiger charge is 2.20. The third kappa shape index (κ3) is 3.77. The summed E-state index contributed by atoms with van der Waals surface area (Å²) in [6.07, 6.45) is 4.17. The number of aryl methyl sites for hydroxylation is 1. The van der Waals surface area contributed by atoms with Crippen LogP contribution in [0, 0.1) is 5.82 Å². The molecule has 0 bridgehead atoms. The van der Waals surface area contributed by atoms with Gasteiger partial charge in [-0.05, 0) is 55.3 Å². The van der Waals surface area contributed by atoms with Crippen molar-refractivity contribution in [2.45, 2.75) is 32.2 Å². The number of benzene rings is 2. The van der Waals surface area contributed by atoms with Gasteiger partial charge >= 0.3 is 0 Å². The molecule has 5 aromatic rings. The molecule has 9 heteroatoms. The topological polar surface area (TPSA) is 85.8 Å². The largest absolute Gasteiger partial charge is 0.448 e. The van der Waals surface area contributed by atoms with Crippen molar-refractivity contribution in [2.75, 3.05) is 5.32 Å². The highest BCUT2D eigenvalue weighted by atomic mass is 32.1. The van der Waals surface area contributed by atoms with Crippen molar-refractivity contribution in [3.05, 3.63) is 72.0 Å². The summed E-state index contributed by atoms with van der Waals surface area (Å²) in [6, 6.07) is 15.6. The van der Waals surface area contributed by atoms with Crippen LogP contribution in [0.25, 0.3) is 32.4 Å². The van der Waals surface area contributed by atoms with E-state index in [0.29, 0.717) is 22.2 Å². The molecule has 0 unspecified atom stereocenters. The van der Waals surface area contributed by atoms with E-state index in [4.69, 9.17) is 4.42 Å². The number of thiazole rings is 1. The molecule has 1 aliphatic rings. The second-order valence-electron chi connectivity index (χ2n) is 8.20. The smallest absolute Gasteiger partial charge is 0.291 e. The molecule has 0 spiro atoms. The standard InChI is InChI=1S/C25H20FN5O2S/c26-16-10-9-15(23-30-29-22-8-2-1-5-13-31(22)23)14-18(16)27-24(32)19-11-12-20(33-19)25-28-17-6-3-4-7-21(17)34-25/h3-4,6-7,9-12,14H,1-2,5,8,13H2,(H,27,32). The molecule has 0 atom stereocenters. The maximum atomic E-state index is 14.6. The third-order valence-electron chi connectivity index (χ3n) is 5.92.